The molecule has 0 radical (unpaired) electrons. The summed E-state index contributed by atoms with van der Waals surface area (Å²) in [4.78, 5) is 15.5. The van der Waals surface area contributed by atoms with Gasteiger partial charge < -0.3 is 14.7 Å². The average Bonchev–Trinajstić information content (AvgIpc) is 2.69. The molecule has 0 aliphatic rings. The van der Waals surface area contributed by atoms with E-state index >= 15 is 0 Å². The fourth-order valence-electron chi connectivity index (χ4n) is 3.27. The summed E-state index contributed by atoms with van der Waals surface area (Å²) in [6.45, 7) is 10.4. The lowest BCUT2D eigenvalue weighted by atomic mass is 9.86. The van der Waals surface area contributed by atoms with Crippen LogP contribution in [0.4, 0.5) is 4.39 Å². The predicted octanol–water partition coefficient (Wildman–Crippen LogP) is 5.65. The number of halogens is 1. The standard InChI is InChI=1S/C25H33FNO5P/c1-16(2)24-20(7-6-12-32-33(31)15-19(28)13-23(29)30)21(14-22(27-24)25(3,4)5)17-8-10-18(26)11-9-17/h6-11,14,16,19,28,33H,12-13,15H2,1-5H3,(H,29,30). The molecular formula is C25H33FNO5P. The van der Waals surface area contributed by atoms with Crippen molar-refractivity contribution >= 4 is 20.1 Å². The first-order valence-electron chi connectivity index (χ1n) is 10.9. The third-order valence-corrected chi connectivity index (χ3v) is 6.29. The summed E-state index contributed by atoms with van der Waals surface area (Å²) < 4.78 is 30.9. The summed E-state index contributed by atoms with van der Waals surface area (Å²) in [5.74, 6) is -1.34. The van der Waals surface area contributed by atoms with E-state index in [0.717, 1.165) is 28.1 Å². The van der Waals surface area contributed by atoms with Crippen molar-refractivity contribution in [3.63, 3.8) is 0 Å². The van der Waals surface area contributed by atoms with E-state index in [9.17, 15) is 18.9 Å². The van der Waals surface area contributed by atoms with Crippen molar-refractivity contribution in [2.45, 2.75) is 58.5 Å². The molecule has 0 aliphatic carbocycles. The van der Waals surface area contributed by atoms with Crippen LogP contribution in [0.1, 0.15) is 63.9 Å². The number of nitrogens with zero attached hydrogens (tertiary/aromatic N) is 1. The maximum absolute atomic E-state index is 13.5. The smallest absolute Gasteiger partial charge is 0.305 e. The Morgan fingerprint density at radius 3 is 2.42 bits per heavy atom. The van der Waals surface area contributed by atoms with Crippen molar-refractivity contribution in [2.24, 2.45) is 0 Å². The number of aliphatic hydroxyl groups is 1. The number of aromatic nitrogens is 1. The topological polar surface area (TPSA) is 96.7 Å². The van der Waals surface area contributed by atoms with Crippen LogP contribution < -0.4 is 0 Å². The van der Waals surface area contributed by atoms with Crippen LogP contribution >= 0.6 is 8.03 Å². The molecule has 0 saturated carbocycles. The molecule has 1 heterocycles. The average molecular weight is 478 g/mol. The molecule has 0 spiro atoms. The van der Waals surface area contributed by atoms with Crippen LogP contribution in [-0.4, -0.2) is 40.0 Å². The zero-order valence-corrected chi connectivity index (χ0v) is 20.8. The highest BCUT2D eigenvalue weighted by atomic mass is 31.1. The zero-order valence-electron chi connectivity index (χ0n) is 19.8. The first kappa shape index (κ1) is 26.9. The second kappa shape index (κ2) is 11.7. The number of carbonyl (C=O) groups is 1. The molecule has 2 aromatic rings. The van der Waals surface area contributed by atoms with Gasteiger partial charge in [-0.2, -0.15) is 0 Å². The van der Waals surface area contributed by atoms with Crippen LogP contribution in [0.3, 0.4) is 0 Å². The molecule has 1 aromatic carbocycles. The van der Waals surface area contributed by atoms with E-state index < -0.39 is 26.5 Å². The Bertz CT molecular complexity index is 1010. The van der Waals surface area contributed by atoms with Crippen molar-refractivity contribution in [3.05, 3.63) is 59.2 Å². The van der Waals surface area contributed by atoms with E-state index in [0.29, 0.717) is 0 Å². The summed E-state index contributed by atoms with van der Waals surface area (Å²) >= 11 is 0. The van der Waals surface area contributed by atoms with E-state index in [-0.39, 0.29) is 29.9 Å². The van der Waals surface area contributed by atoms with E-state index in [1.807, 2.05) is 12.1 Å². The Morgan fingerprint density at radius 1 is 1.24 bits per heavy atom. The summed E-state index contributed by atoms with van der Waals surface area (Å²) in [6, 6.07) is 8.33. The second-order valence-corrected chi connectivity index (χ2v) is 10.7. The second-order valence-electron chi connectivity index (χ2n) is 9.31. The third-order valence-electron chi connectivity index (χ3n) is 5.00. The van der Waals surface area contributed by atoms with Crippen molar-refractivity contribution < 1.29 is 28.5 Å². The molecule has 180 valence electrons. The molecule has 0 saturated heterocycles. The molecule has 0 aliphatic heterocycles. The maximum atomic E-state index is 13.5. The quantitative estimate of drug-likeness (QED) is 0.430. The number of aliphatic hydroxyl groups excluding tert-OH is 1. The Hall–Kier alpha value is -2.34. The van der Waals surface area contributed by atoms with Gasteiger partial charge in [0, 0.05) is 22.8 Å². The van der Waals surface area contributed by atoms with Crippen LogP contribution in [0.15, 0.2) is 36.4 Å². The Kier molecular flexibility index (Phi) is 9.53. The molecule has 0 bridgehead atoms. The Morgan fingerprint density at radius 2 is 1.88 bits per heavy atom. The van der Waals surface area contributed by atoms with Crippen LogP contribution in [-0.2, 0) is 19.3 Å². The van der Waals surface area contributed by atoms with Gasteiger partial charge >= 0.3 is 5.97 Å². The van der Waals surface area contributed by atoms with Gasteiger partial charge in [0.05, 0.1) is 24.8 Å². The normalized spacial score (nSPS) is 14.1. The minimum atomic E-state index is -2.58. The van der Waals surface area contributed by atoms with E-state index in [1.54, 1.807) is 18.2 Å². The Balaban J connectivity index is 2.35. The van der Waals surface area contributed by atoms with Gasteiger partial charge in [-0.1, -0.05) is 58.9 Å². The van der Waals surface area contributed by atoms with Gasteiger partial charge in [-0.3, -0.25) is 14.3 Å². The van der Waals surface area contributed by atoms with E-state index in [2.05, 4.69) is 34.6 Å². The molecule has 2 unspecified atom stereocenters. The van der Waals surface area contributed by atoms with Gasteiger partial charge in [0.1, 0.15) is 5.82 Å². The number of aliphatic carboxylic acids is 1. The molecular weight excluding hydrogens is 444 g/mol. The lowest BCUT2D eigenvalue weighted by Crippen LogP contribution is -2.16. The van der Waals surface area contributed by atoms with E-state index in [4.69, 9.17) is 14.6 Å². The summed E-state index contributed by atoms with van der Waals surface area (Å²) in [5, 5.41) is 18.3. The van der Waals surface area contributed by atoms with Crippen LogP contribution in [0.25, 0.3) is 17.2 Å². The highest BCUT2D eigenvalue weighted by Crippen LogP contribution is 2.35. The third kappa shape index (κ3) is 8.18. The summed E-state index contributed by atoms with van der Waals surface area (Å²) in [6.07, 6.45) is 1.70. The molecule has 6 nitrogen and oxygen atoms in total. The monoisotopic (exact) mass is 477 g/mol. The molecule has 2 N–H and O–H groups in total. The number of carboxylic acids is 1. The maximum Gasteiger partial charge on any atom is 0.305 e. The minimum absolute atomic E-state index is 0.0407. The van der Waals surface area contributed by atoms with Crippen molar-refractivity contribution in [2.75, 3.05) is 12.8 Å². The fraction of sp³-hybridized carbons (Fsp3) is 0.440. The predicted molar refractivity (Wildman–Crippen MR) is 130 cm³/mol. The fourth-order valence-corrected chi connectivity index (χ4v) is 4.20. The number of benzene rings is 1. The first-order valence-corrected chi connectivity index (χ1v) is 12.4. The van der Waals surface area contributed by atoms with Crippen molar-refractivity contribution in [1.82, 2.24) is 4.98 Å². The molecule has 0 fully saturated rings. The SMILES string of the molecule is CC(C)c1nc(C(C)(C)C)cc(-c2ccc(F)cc2)c1C=CCO[PH](=O)CC(O)CC(=O)O. The van der Waals surface area contributed by atoms with Gasteiger partial charge in [-0.05, 0) is 35.2 Å². The number of hydrogen-bond donors (Lipinski definition) is 2. The van der Waals surface area contributed by atoms with Crippen LogP contribution in [0, 0.1) is 5.82 Å². The molecule has 0 amide bonds. The number of pyridine rings is 1. The van der Waals surface area contributed by atoms with Gasteiger partial charge in [-0.25, -0.2) is 4.39 Å². The largest absolute Gasteiger partial charge is 0.481 e. The summed E-state index contributed by atoms with van der Waals surface area (Å²) in [5.41, 5.74) is 4.29. The summed E-state index contributed by atoms with van der Waals surface area (Å²) in [7, 11) is -2.58. The molecule has 8 heteroatoms. The van der Waals surface area contributed by atoms with Gasteiger partial charge in [0.2, 0.25) is 0 Å². The zero-order chi connectivity index (χ0) is 24.8. The van der Waals surface area contributed by atoms with E-state index in [1.165, 1.54) is 12.1 Å². The molecule has 2 atom stereocenters. The highest BCUT2D eigenvalue weighted by molar-refractivity contribution is 7.39. The number of rotatable bonds is 10. The van der Waals surface area contributed by atoms with Crippen LogP contribution in [0.5, 0.6) is 0 Å². The number of carboxylic acid groups (broad SMARTS) is 1. The van der Waals surface area contributed by atoms with Gasteiger partial charge in [0.25, 0.3) is 0 Å². The number of hydrogen-bond acceptors (Lipinski definition) is 5. The first-order chi connectivity index (χ1) is 15.4. The molecule has 1 aromatic heterocycles. The van der Waals surface area contributed by atoms with Crippen molar-refractivity contribution in [1.29, 1.82) is 0 Å². The lowest BCUT2D eigenvalue weighted by Gasteiger charge is -2.23. The van der Waals surface area contributed by atoms with Gasteiger partial charge in [0.15, 0.2) is 8.03 Å². The molecule has 2 rings (SSSR count). The highest BCUT2D eigenvalue weighted by Gasteiger charge is 2.22. The van der Waals surface area contributed by atoms with Crippen molar-refractivity contribution in [3.8, 4) is 11.1 Å². The van der Waals surface area contributed by atoms with Gasteiger partial charge in [-0.15, -0.1) is 0 Å². The minimum Gasteiger partial charge on any atom is -0.481 e. The lowest BCUT2D eigenvalue weighted by molar-refractivity contribution is -0.138. The Labute approximate surface area is 195 Å². The molecule has 33 heavy (non-hydrogen) atoms. The van der Waals surface area contributed by atoms with Crippen LogP contribution in [0.2, 0.25) is 0 Å².